The summed E-state index contributed by atoms with van der Waals surface area (Å²) < 4.78 is 0. The zero-order valence-electron chi connectivity index (χ0n) is 9.79. The molecule has 5 nitrogen and oxygen atoms in total. The second kappa shape index (κ2) is 6.48. The number of hydrogen-bond donors (Lipinski definition) is 3. The van der Waals surface area contributed by atoms with Gasteiger partial charge in [-0.15, -0.1) is 0 Å². The number of nitrogens with two attached hydrogens (primary N) is 1. The molecular weight excluding hydrogens is 206 g/mol. The lowest BCUT2D eigenvalue weighted by Gasteiger charge is -2.08. The van der Waals surface area contributed by atoms with Crippen molar-refractivity contribution in [3.05, 3.63) is 0 Å². The molecule has 0 bridgehead atoms. The fraction of sp³-hybridized carbons (Fsp3) is 0.818. The van der Waals surface area contributed by atoms with Gasteiger partial charge in [0.05, 0.1) is 0 Å². The highest BCUT2D eigenvalue weighted by Gasteiger charge is 2.22. The Morgan fingerprint density at radius 1 is 1.44 bits per heavy atom. The van der Waals surface area contributed by atoms with Gasteiger partial charge in [0.25, 0.3) is 0 Å². The van der Waals surface area contributed by atoms with Crippen LogP contribution in [0.15, 0.2) is 0 Å². The maximum absolute atomic E-state index is 11.3. The molecular formula is C11H21N3O2. The molecule has 92 valence electrons. The Hall–Kier alpha value is -1.10. The zero-order valence-corrected chi connectivity index (χ0v) is 9.79. The van der Waals surface area contributed by atoms with Gasteiger partial charge < -0.3 is 16.4 Å². The van der Waals surface area contributed by atoms with Crippen LogP contribution in [0.4, 0.5) is 0 Å². The minimum absolute atomic E-state index is 0.132. The quantitative estimate of drug-likeness (QED) is 0.500. The van der Waals surface area contributed by atoms with Gasteiger partial charge in [-0.2, -0.15) is 0 Å². The second-order valence-corrected chi connectivity index (χ2v) is 4.45. The largest absolute Gasteiger partial charge is 0.369 e. The average Bonchev–Trinajstić information content (AvgIpc) is 3.00. The van der Waals surface area contributed by atoms with Crippen LogP contribution in [0.1, 0.15) is 32.6 Å². The lowest BCUT2D eigenvalue weighted by Crippen LogP contribution is -2.32. The Bertz CT molecular complexity index is 252. The molecule has 4 N–H and O–H groups in total. The number of rotatable bonds is 8. The van der Waals surface area contributed by atoms with Crippen LogP contribution in [0.5, 0.6) is 0 Å². The highest BCUT2D eigenvalue weighted by Crippen LogP contribution is 2.18. The van der Waals surface area contributed by atoms with Gasteiger partial charge in [0.2, 0.25) is 11.8 Å². The van der Waals surface area contributed by atoms with Crippen LogP contribution in [0, 0.1) is 5.92 Å². The van der Waals surface area contributed by atoms with Crippen molar-refractivity contribution in [3.8, 4) is 0 Å². The lowest BCUT2D eigenvalue weighted by atomic mass is 10.1. The Morgan fingerprint density at radius 3 is 2.69 bits per heavy atom. The highest BCUT2D eigenvalue weighted by atomic mass is 16.2. The molecule has 1 rings (SSSR count). The molecule has 0 aromatic heterocycles. The topological polar surface area (TPSA) is 84.2 Å². The third kappa shape index (κ3) is 5.70. The Morgan fingerprint density at radius 2 is 2.12 bits per heavy atom. The number of hydrogen-bond acceptors (Lipinski definition) is 3. The van der Waals surface area contributed by atoms with E-state index in [1.807, 2.05) is 0 Å². The molecule has 16 heavy (non-hydrogen) atoms. The molecule has 0 aliphatic heterocycles. The van der Waals surface area contributed by atoms with Crippen molar-refractivity contribution in [2.45, 2.75) is 38.6 Å². The number of primary amides is 1. The first-order valence-electron chi connectivity index (χ1n) is 5.89. The zero-order chi connectivity index (χ0) is 12.0. The highest BCUT2D eigenvalue weighted by molar-refractivity contribution is 5.76. The molecule has 0 radical (unpaired) electrons. The summed E-state index contributed by atoms with van der Waals surface area (Å²) >= 11 is 0. The normalized spacial score (nSPS) is 16.8. The van der Waals surface area contributed by atoms with Crippen LogP contribution in [-0.2, 0) is 9.59 Å². The van der Waals surface area contributed by atoms with Crippen LogP contribution >= 0.6 is 0 Å². The first kappa shape index (κ1) is 13.0. The minimum atomic E-state index is -0.293. The Balaban J connectivity index is 1.90. The Kier molecular flexibility index (Phi) is 5.25. The molecule has 1 fully saturated rings. The summed E-state index contributed by atoms with van der Waals surface area (Å²) in [5, 5.41) is 6.04. The average molecular weight is 227 g/mol. The standard InChI is InChI=1S/C11H21N3O2/c1-8(11(12)16)7-13-6-2-3-10(15)14-9-4-5-9/h8-9,13H,2-7H2,1H3,(H2,12,16)(H,14,15). The number of amides is 2. The molecule has 1 aliphatic rings. The van der Waals surface area contributed by atoms with Crippen molar-refractivity contribution < 1.29 is 9.59 Å². The maximum Gasteiger partial charge on any atom is 0.221 e. The van der Waals surface area contributed by atoms with E-state index in [0.717, 1.165) is 25.8 Å². The smallest absolute Gasteiger partial charge is 0.221 e. The fourth-order valence-corrected chi connectivity index (χ4v) is 1.32. The van der Waals surface area contributed by atoms with Crippen molar-refractivity contribution in [2.75, 3.05) is 13.1 Å². The first-order valence-corrected chi connectivity index (χ1v) is 5.89. The van der Waals surface area contributed by atoms with E-state index in [1.54, 1.807) is 6.92 Å². The molecule has 5 heteroatoms. The van der Waals surface area contributed by atoms with Gasteiger partial charge in [0, 0.05) is 24.9 Å². The van der Waals surface area contributed by atoms with Gasteiger partial charge in [-0.3, -0.25) is 9.59 Å². The number of carbonyl (C=O) groups is 2. The van der Waals surface area contributed by atoms with Crippen LogP contribution < -0.4 is 16.4 Å². The predicted octanol–water partition coefficient (Wildman–Crippen LogP) is -0.244. The van der Waals surface area contributed by atoms with Crippen LogP contribution in [0.25, 0.3) is 0 Å². The van der Waals surface area contributed by atoms with Crippen molar-refractivity contribution >= 4 is 11.8 Å². The van der Waals surface area contributed by atoms with E-state index in [2.05, 4.69) is 10.6 Å². The lowest BCUT2D eigenvalue weighted by molar-refractivity contribution is -0.122. The van der Waals surface area contributed by atoms with Gasteiger partial charge in [0.15, 0.2) is 0 Å². The van der Waals surface area contributed by atoms with Gasteiger partial charge in [0.1, 0.15) is 0 Å². The third-order valence-corrected chi connectivity index (χ3v) is 2.64. The molecule has 1 atom stereocenters. The summed E-state index contributed by atoms with van der Waals surface area (Å²) in [5.74, 6) is -0.313. The van der Waals surface area contributed by atoms with E-state index in [1.165, 1.54) is 0 Å². The van der Waals surface area contributed by atoms with E-state index >= 15 is 0 Å². The fourth-order valence-electron chi connectivity index (χ4n) is 1.32. The molecule has 0 aromatic rings. The predicted molar refractivity (Wildman–Crippen MR) is 61.6 cm³/mol. The van der Waals surface area contributed by atoms with Crippen LogP contribution in [-0.4, -0.2) is 30.9 Å². The van der Waals surface area contributed by atoms with Crippen molar-refractivity contribution in [1.82, 2.24) is 10.6 Å². The molecule has 2 amide bonds. The summed E-state index contributed by atoms with van der Waals surface area (Å²) in [7, 11) is 0. The van der Waals surface area contributed by atoms with Gasteiger partial charge >= 0.3 is 0 Å². The second-order valence-electron chi connectivity index (χ2n) is 4.45. The SMILES string of the molecule is CC(CNCCCC(=O)NC1CC1)C(N)=O. The van der Waals surface area contributed by atoms with Gasteiger partial charge in [-0.1, -0.05) is 6.92 Å². The van der Waals surface area contributed by atoms with E-state index in [9.17, 15) is 9.59 Å². The van der Waals surface area contributed by atoms with Crippen LogP contribution in [0.2, 0.25) is 0 Å². The summed E-state index contributed by atoms with van der Waals surface area (Å²) in [5.41, 5.74) is 5.12. The van der Waals surface area contributed by atoms with Crippen LogP contribution in [0.3, 0.4) is 0 Å². The summed E-state index contributed by atoms with van der Waals surface area (Å²) in [6, 6.07) is 0.440. The first-order chi connectivity index (χ1) is 7.59. The molecule has 1 aliphatic carbocycles. The molecule has 0 aromatic carbocycles. The Labute approximate surface area is 96.1 Å². The summed E-state index contributed by atoms with van der Waals surface area (Å²) in [6.45, 7) is 3.12. The summed E-state index contributed by atoms with van der Waals surface area (Å²) in [4.78, 5) is 22.0. The van der Waals surface area contributed by atoms with E-state index < -0.39 is 0 Å². The molecule has 1 unspecified atom stereocenters. The van der Waals surface area contributed by atoms with E-state index in [4.69, 9.17) is 5.73 Å². The molecule has 1 saturated carbocycles. The third-order valence-electron chi connectivity index (χ3n) is 2.64. The van der Waals surface area contributed by atoms with E-state index in [0.29, 0.717) is 19.0 Å². The van der Waals surface area contributed by atoms with Crippen molar-refractivity contribution in [1.29, 1.82) is 0 Å². The maximum atomic E-state index is 11.3. The van der Waals surface area contributed by atoms with E-state index in [-0.39, 0.29) is 17.7 Å². The number of nitrogens with one attached hydrogen (secondary N) is 2. The molecule has 0 heterocycles. The molecule has 0 saturated heterocycles. The minimum Gasteiger partial charge on any atom is -0.369 e. The van der Waals surface area contributed by atoms with Gasteiger partial charge in [-0.05, 0) is 25.8 Å². The van der Waals surface area contributed by atoms with Crippen molar-refractivity contribution in [2.24, 2.45) is 11.7 Å². The number of carbonyl (C=O) groups excluding carboxylic acids is 2. The summed E-state index contributed by atoms with van der Waals surface area (Å²) in [6.07, 6.45) is 3.60. The van der Waals surface area contributed by atoms with Crippen molar-refractivity contribution in [3.63, 3.8) is 0 Å². The molecule has 0 spiro atoms. The monoisotopic (exact) mass is 227 g/mol. The van der Waals surface area contributed by atoms with Gasteiger partial charge in [-0.25, -0.2) is 0 Å².